The quantitative estimate of drug-likeness (QED) is 0.538. The average Bonchev–Trinajstić information content (AvgIpc) is 2.21. The molecule has 1 nitrogen and oxygen atoms in total. The average molecular weight is 234 g/mol. The topological polar surface area (TPSA) is 3.24 Å². The third-order valence-electron chi connectivity index (χ3n) is 2.42. The molecule has 2 heteroatoms. The fourth-order valence-corrected chi connectivity index (χ4v) is 1.45. The van der Waals surface area contributed by atoms with E-state index in [-0.39, 0.29) is 12.4 Å². The first-order valence-electron chi connectivity index (χ1n) is 6.22. The lowest BCUT2D eigenvalue weighted by Crippen LogP contribution is -2.26. The Hall–Kier alpha value is -0.0100. The maximum atomic E-state index is 2.57. The van der Waals surface area contributed by atoms with E-state index in [2.05, 4.69) is 37.8 Å². The molecule has 0 fully saturated rings. The van der Waals surface area contributed by atoms with Crippen molar-refractivity contribution in [3.8, 4) is 0 Å². The summed E-state index contributed by atoms with van der Waals surface area (Å²) < 4.78 is 0. The van der Waals surface area contributed by atoms with Crippen LogP contribution in [0.1, 0.15) is 52.9 Å². The van der Waals surface area contributed by atoms with Crippen molar-refractivity contribution in [2.75, 3.05) is 19.6 Å². The fourth-order valence-electron chi connectivity index (χ4n) is 1.45. The Kier molecular flexibility index (Phi) is 16.2. The fraction of sp³-hybridized carbons (Fsp3) is 0.846. The van der Waals surface area contributed by atoms with Crippen molar-refractivity contribution in [1.82, 2.24) is 4.90 Å². The SMILES string of the molecule is CCC=CCN(CCCC)CCCC.Cl. The van der Waals surface area contributed by atoms with E-state index in [1.165, 1.54) is 38.8 Å². The highest BCUT2D eigenvalue weighted by Gasteiger charge is 2.00. The van der Waals surface area contributed by atoms with Gasteiger partial charge >= 0.3 is 0 Å². The predicted octanol–water partition coefficient (Wildman–Crippen LogP) is 4.28. The van der Waals surface area contributed by atoms with E-state index >= 15 is 0 Å². The molecule has 0 rings (SSSR count). The molecule has 0 heterocycles. The van der Waals surface area contributed by atoms with Crippen molar-refractivity contribution < 1.29 is 0 Å². The van der Waals surface area contributed by atoms with Gasteiger partial charge in [0.1, 0.15) is 0 Å². The molecule has 0 saturated heterocycles. The van der Waals surface area contributed by atoms with Crippen LogP contribution in [0.3, 0.4) is 0 Å². The van der Waals surface area contributed by atoms with Gasteiger partial charge in [-0.05, 0) is 32.4 Å². The summed E-state index contributed by atoms with van der Waals surface area (Å²) in [6.07, 6.45) is 11.0. The van der Waals surface area contributed by atoms with Gasteiger partial charge in [-0.2, -0.15) is 0 Å². The van der Waals surface area contributed by atoms with Crippen molar-refractivity contribution >= 4 is 12.4 Å². The first-order valence-corrected chi connectivity index (χ1v) is 6.22. The molecular formula is C13H28ClN. The summed E-state index contributed by atoms with van der Waals surface area (Å²) in [4.78, 5) is 2.57. The van der Waals surface area contributed by atoms with Crippen LogP contribution in [-0.2, 0) is 0 Å². The number of hydrogen-bond donors (Lipinski definition) is 0. The lowest BCUT2D eigenvalue weighted by molar-refractivity contribution is 0.292. The van der Waals surface area contributed by atoms with E-state index in [9.17, 15) is 0 Å². The van der Waals surface area contributed by atoms with E-state index in [1.54, 1.807) is 0 Å². The minimum atomic E-state index is 0. The Morgan fingerprint density at radius 3 is 1.80 bits per heavy atom. The maximum Gasteiger partial charge on any atom is 0.0163 e. The van der Waals surface area contributed by atoms with Crippen molar-refractivity contribution in [2.24, 2.45) is 0 Å². The summed E-state index contributed by atoms with van der Waals surface area (Å²) in [5.74, 6) is 0. The van der Waals surface area contributed by atoms with Gasteiger partial charge in [0.25, 0.3) is 0 Å². The van der Waals surface area contributed by atoms with E-state index in [1.807, 2.05) is 0 Å². The van der Waals surface area contributed by atoms with Crippen molar-refractivity contribution in [3.63, 3.8) is 0 Å². The van der Waals surface area contributed by atoms with E-state index in [0.29, 0.717) is 0 Å². The molecule has 0 N–H and O–H groups in total. The van der Waals surface area contributed by atoms with E-state index in [0.717, 1.165) is 13.0 Å². The molecule has 0 aliphatic rings. The highest BCUT2D eigenvalue weighted by atomic mass is 35.5. The second-order valence-electron chi connectivity index (χ2n) is 3.89. The second-order valence-corrected chi connectivity index (χ2v) is 3.89. The summed E-state index contributed by atoms with van der Waals surface area (Å²) in [7, 11) is 0. The summed E-state index contributed by atoms with van der Waals surface area (Å²) in [5.41, 5.74) is 0. The molecule has 0 aromatic carbocycles. The largest absolute Gasteiger partial charge is 0.300 e. The van der Waals surface area contributed by atoms with Gasteiger partial charge in [-0.15, -0.1) is 12.4 Å². The summed E-state index contributed by atoms with van der Waals surface area (Å²) in [5, 5.41) is 0. The molecule has 0 unspecified atom stereocenters. The molecular weight excluding hydrogens is 206 g/mol. The first-order chi connectivity index (χ1) is 6.85. The molecule has 0 aromatic rings. The van der Waals surface area contributed by atoms with Gasteiger partial charge < -0.3 is 0 Å². The molecule has 0 amide bonds. The van der Waals surface area contributed by atoms with E-state index < -0.39 is 0 Å². The van der Waals surface area contributed by atoms with Crippen molar-refractivity contribution in [3.05, 3.63) is 12.2 Å². The second kappa shape index (κ2) is 14.0. The lowest BCUT2D eigenvalue weighted by Gasteiger charge is -2.19. The molecule has 0 saturated carbocycles. The van der Waals surface area contributed by atoms with Crippen LogP contribution in [0, 0.1) is 0 Å². The zero-order valence-electron chi connectivity index (χ0n) is 10.7. The number of hydrogen-bond acceptors (Lipinski definition) is 1. The van der Waals surface area contributed by atoms with Crippen molar-refractivity contribution in [1.29, 1.82) is 0 Å². The predicted molar refractivity (Wildman–Crippen MR) is 72.9 cm³/mol. The maximum absolute atomic E-state index is 2.57. The van der Waals surface area contributed by atoms with Crippen LogP contribution in [0.4, 0.5) is 0 Å². The van der Waals surface area contributed by atoms with Crippen LogP contribution in [0.25, 0.3) is 0 Å². The van der Waals surface area contributed by atoms with Gasteiger partial charge in [0.2, 0.25) is 0 Å². The summed E-state index contributed by atoms with van der Waals surface area (Å²) in [6.45, 7) is 10.4. The van der Waals surface area contributed by atoms with Crippen LogP contribution in [0.15, 0.2) is 12.2 Å². The number of unbranched alkanes of at least 4 members (excludes halogenated alkanes) is 2. The van der Waals surface area contributed by atoms with Gasteiger partial charge in [0.05, 0.1) is 0 Å². The summed E-state index contributed by atoms with van der Waals surface area (Å²) in [6, 6.07) is 0. The zero-order valence-corrected chi connectivity index (χ0v) is 11.5. The normalized spacial score (nSPS) is 10.9. The molecule has 0 bridgehead atoms. The Balaban J connectivity index is 0. The monoisotopic (exact) mass is 233 g/mol. The molecule has 0 atom stereocenters. The standard InChI is InChI=1S/C13H27N.ClH/c1-4-7-10-13-14(11-8-5-2)12-9-6-3;/h7,10H,4-6,8-9,11-13H2,1-3H3;1H. The van der Waals surface area contributed by atoms with Crippen LogP contribution in [0.2, 0.25) is 0 Å². The first kappa shape index (κ1) is 17.4. The highest BCUT2D eigenvalue weighted by molar-refractivity contribution is 5.85. The van der Waals surface area contributed by atoms with Crippen LogP contribution in [0.5, 0.6) is 0 Å². The van der Waals surface area contributed by atoms with Gasteiger partial charge in [-0.1, -0.05) is 45.8 Å². The number of halogens is 1. The molecule has 15 heavy (non-hydrogen) atoms. The van der Waals surface area contributed by atoms with Gasteiger partial charge in [0, 0.05) is 6.54 Å². The Labute approximate surface area is 102 Å². The summed E-state index contributed by atoms with van der Waals surface area (Å²) >= 11 is 0. The third kappa shape index (κ3) is 11.9. The van der Waals surface area contributed by atoms with E-state index in [4.69, 9.17) is 0 Å². The van der Waals surface area contributed by atoms with Crippen LogP contribution < -0.4 is 0 Å². The zero-order chi connectivity index (χ0) is 10.6. The Morgan fingerprint density at radius 1 is 0.867 bits per heavy atom. The number of allylic oxidation sites excluding steroid dienone is 1. The smallest absolute Gasteiger partial charge is 0.0163 e. The molecule has 0 aromatic heterocycles. The molecule has 0 spiro atoms. The lowest BCUT2D eigenvalue weighted by atomic mass is 10.2. The van der Waals surface area contributed by atoms with Gasteiger partial charge in [-0.25, -0.2) is 0 Å². The molecule has 0 aliphatic heterocycles. The minimum Gasteiger partial charge on any atom is -0.300 e. The third-order valence-corrected chi connectivity index (χ3v) is 2.42. The Morgan fingerprint density at radius 2 is 1.40 bits per heavy atom. The molecule has 92 valence electrons. The number of nitrogens with zero attached hydrogens (tertiary/aromatic N) is 1. The highest BCUT2D eigenvalue weighted by Crippen LogP contribution is 1.99. The van der Waals surface area contributed by atoms with Gasteiger partial charge in [0.15, 0.2) is 0 Å². The van der Waals surface area contributed by atoms with Crippen LogP contribution in [-0.4, -0.2) is 24.5 Å². The molecule has 0 aliphatic carbocycles. The minimum absolute atomic E-state index is 0. The van der Waals surface area contributed by atoms with Gasteiger partial charge in [-0.3, -0.25) is 4.90 Å². The Bertz CT molecular complexity index is 126. The number of rotatable bonds is 9. The van der Waals surface area contributed by atoms with Crippen LogP contribution >= 0.6 is 12.4 Å². The molecule has 0 radical (unpaired) electrons. The van der Waals surface area contributed by atoms with Crippen molar-refractivity contribution in [2.45, 2.75) is 52.9 Å².